The summed E-state index contributed by atoms with van der Waals surface area (Å²) in [6, 6.07) is 59.3. The van der Waals surface area contributed by atoms with Crippen molar-refractivity contribution < 1.29 is 14.2 Å². The van der Waals surface area contributed by atoms with Crippen LogP contribution in [-0.4, -0.2) is 21.3 Å². The van der Waals surface area contributed by atoms with Gasteiger partial charge in [0.25, 0.3) is 0 Å². The van der Waals surface area contributed by atoms with Gasteiger partial charge in [-0.1, -0.05) is 120 Å². The minimum atomic E-state index is -0.188. The Morgan fingerprint density at radius 2 is 0.696 bits per heavy atom. The second-order valence-electron chi connectivity index (χ2n) is 21.2. The van der Waals surface area contributed by atoms with Crippen molar-refractivity contribution in [3.05, 3.63) is 208 Å². The third-order valence-corrected chi connectivity index (χ3v) is 16.3. The Morgan fingerprint density at radius 3 is 1.16 bits per heavy atom. The largest absolute Gasteiger partial charge is 0.497 e. The van der Waals surface area contributed by atoms with Gasteiger partial charge in [-0.15, -0.1) is 0 Å². The zero-order chi connectivity index (χ0) is 47.6. The third kappa shape index (κ3) is 6.68. The van der Waals surface area contributed by atoms with E-state index >= 15 is 0 Å². The fourth-order valence-electron chi connectivity index (χ4n) is 12.3. The van der Waals surface area contributed by atoms with Gasteiger partial charge in [0.15, 0.2) is 0 Å². The Morgan fingerprint density at radius 1 is 0.319 bits per heavy atom. The summed E-state index contributed by atoms with van der Waals surface area (Å²) in [5.74, 6) is 2.70. The second kappa shape index (κ2) is 15.6. The molecule has 0 unspecified atom stereocenters. The monoisotopic (exact) mass is 898 g/mol. The molecule has 0 N–H and O–H groups in total. The van der Waals surface area contributed by atoms with E-state index in [1.54, 1.807) is 21.3 Å². The zero-order valence-corrected chi connectivity index (χ0v) is 41.2. The molecule has 0 aromatic heterocycles. The van der Waals surface area contributed by atoms with Gasteiger partial charge in [-0.3, -0.25) is 0 Å². The highest BCUT2D eigenvalue weighted by atomic mass is 16.5. The lowest BCUT2D eigenvalue weighted by molar-refractivity contribution is 0.413. The van der Waals surface area contributed by atoms with Crippen molar-refractivity contribution in [1.29, 1.82) is 0 Å². The Labute approximate surface area is 407 Å². The van der Waals surface area contributed by atoms with Crippen molar-refractivity contribution >= 4 is 11.1 Å². The van der Waals surface area contributed by atoms with Crippen LogP contribution in [0.15, 0.2) is 169 Å². The molecule has 0 saturated carbocycles. The average molecular weight is 899 g/mol. The van der Waals surface area contributed by atoms with Crippen LogP contribution in [0.3, 0.4) is 0 Å². The molecule has 69 heavy (non-hydrogen) atoms. The number of benzene rings is 8. The number of fused-ring (bicyclic) bond motifs is 8. The first kappa shape index (κ1) is 43.0. The summed E-state index contributed by atoms with van der Waals surface area (Å²) < 4.78 is 17.2. The van der Waals surface area contributed by atoms with Gasteiger partial charge in [0.1, 0.15) is 17.2 Å². The van der Waals surface area contributed by atoms with E-state index in [0.29, 0.717) is 0 Å². The van der Waals surface area contributed by atoms with Crippen LogP contribution in [0.25, 0.3) is 77.9 Å². The van der Waals surface area contributed by atoms with Crippen LogP contribution in [0.2, 0.25) is 0 Å². The summed E-state index contributed by atoms with van der Waals surface area (Å²) in [6.45, 7) is 14.1. The van der Waals surface area contributed by atoms with E-state index in [0.717, 1.165) is 30.1 Å². The van der Waals surface area contributed by atoms with Crippen molar-refractivity contribution in [1.82, 2.24) is 0 Å². The predicted octanol–water partition coefficient (Wildman–Crippen LogP) is 16.9. The van der Waals surface area contributed by atoms with Crippen LogP contribution < -0.4 is 14.2 Å². The van der Waals surface area contributed by atoms with Gasteiger partial charge in [0, 0.05) is 16.2 Å². The van der Waals surface area contributed by atoms with Crippen LogP contribution in [0.5, 0.6) is 17.2 Å². The van der Waals surface area contributed by atoms with E-state index in [4.69, 9.17) is 14.2 Å². The lowest BCUT2D eigenvalue weighted by Gasteiger charge is -2.26. The normalized spacial score (nSPS) is 16.2. The molecule has 0 saturated heterocycles. The molecule has 0 atom stereocenters. The van der Waals surface area contributed by atoms with Crippen molar-refractivity contribution in [3.63, 3.8) is 0 Å². The lowest BCUT2D eigenvalue weighted by atomic mass is 9.77. The van der Waals surface area contributed by atoms with Gasteiger partial charge in [-0.05, 0) is 220 Å². The van der Waals surface area contributed by atoms with Crippen LogP contribution in [0, 0.1) is 0 Å². The first-order chi connectivity index (χ1) is 33.3. The van der Waals surface area contributed by atoms with Crippen molar-refractivity contribution in [2.24, 2.45) is 0 Å². The molecule has 0 aliphatic heterocycles. The van der Waals surface area contributed by atoms with E-state index in [-0.39, 0.29) is 16.2 Å². The van der Waals surface area contributed by atoms with Crippen molar-refractivity contribution in [3.8, 4) is 84.0 Å². The fourth-order valence-corrected chi connectivity index (χ4v) is 12.3. The molecule has 4 aliphatic carbocycles. The van der Waals surface area contributed by atoms with E-state index < -0.39 is 0 Å². The lowest BCUT2D eigenvalue weighted by Crippen LogP contribution is -2.17. The first-order valence-corrected chi connectivity index (χ1v) is 24.4. The maximum Gasteiger partial charge on any atom is 0.119 e. The maximum absolute atomic E-state index is 5.74. The smallest absolute Gasteiger partial charge is 0.119 e. The standard InChI is InChI=1S/C66H58O3/c1-64(2)58-33-40(15-21-52(58)55-24-18-49(67-7)36-61(55)64)44-27-43(39-13-11-10-12-14-39)28-47(30-44)48-31-45(41-16-22-53-56-25-19-50(68-8)37-62(56)65(3,4)59(53)34-41)29-46(32-48)42-17-23-54-57-26-20-51(69-9)38-63(57)66(5,6)60(54)35-42/h10-16,18-22,24-38H,17,23H2,1-9H3. The number of hydrogen-bond donors (Lipinski definition) is 0. The predicted molar refractivity (Wildman–Crippen MR) is 287 cm³/mol. The number of rotatable bonds is 8. The molecular formula is C66H58O3. The highest BCUT2D eigenvalue weighted by molar-refractivity contribution is 5.93. The molecule has 0 amide bonds. The van der Waals surface area contributed by atoms with E-state index in [1.165, 1.54) is 122 Å². The topological polar surface area (TPSA) is 27.7 Å². The Hall–Kier alpha value is -7.36. The fraction of sp³-hybridized carbons (Fsp3) is 0.212. The quantitative estimate of drug-likeness (QED) is 0.152. The molecule has 0 heterocycles. The summed E-state index contributed by atoms with van der Waals surface area (Å²) in [7, 11) is 5.27. The molecule has 0 radical (unpaired) electrons. The summed E-state index contributed by atoms with van der Waals surface area (Å²) in [6.07, 6.45) is 4.49. The van der Waals surface area contributed by atoms with Gasteiger partial charge in [0.2, 0.25) is 0 Å². The molecule has 3 heteroatoms. The molecule has 8 aromatic carbocycles. The van der Waals surface area contributed by atoms with E-state index in [9.17, 15) is 0 Å². The van der Waals surface area contributed by atoms with Crippen molar-refractivity contribution in [2.45, 2.75) is 70.6 Å². The number of allylic oxidation sites excluding steroid dienone is 4. The summed E-state index contributed by atoms with van der Waals surface area (Å²) in [5, 5.41) is 0. The van der Waals surface area contributed by atoms with E-state index in [1.807, 2.05) is 0 Å². The minimum Gasteiger partial charge on any atom is -0.497 e. The molecule has 0 bridgehead atoms. The van der Waals surface area contributed by atoms with Crippen LogP contribution in [-0.2, 0) is 16.2 Å². The molecule has 0 spiro atoms. The van der Waals surface area contributed by atoms with Crippen LogP contribution >= 0.6 is 0 Å². The van der Waals surface area contributed by atoms with E-state index in [2.05, 4.69) is 205 Å². The number of ether oxygens (including phenoxy) is 3. The van der Waals surface area contributed by atoms with Gasteiger partial charge in [-0.2, -0.15) is 0 Å². The molecule has 3 nitrogen and oxygen atoms in total. The van der Waals surface area contributed by atoms with Gasteiger partial charge in [-0.25, -0.2) is 0 Å². The van der Waals surface area contributed by atoms with Gasteiger partial charge >= 0.3 is 0 Å². The first-order valence-electron chi connectivity index (χ1n) is 24.4. The Bertz CT molecular complexity index is 3520. The summed E-state index contributed by atoms with van der Waals surface area (Å²) >= 11 is 0. The molecule has 8 aromatic rings. The SMILES string of the molecule is COc1ccc2c(c1)C(C)(C)C1=C2CCC(c2cc(-c3cc(-c4ccccc4)cc(-c4ccc5c(c4)C(C)(C)c4cc(OC)ccc4-5)c3)cc(-c3ccc4c(c3)C(C)(C)c3cc(OC)ccc3-4)c2)=C1. The van der Waals surface area contributed by atoms with Gasteiger partial charge in [0.05, 0.1) is 21.3 Å². The molecule has 340 valence electrons. The summed E-state index contributed by atoms with van der Waals surface area (Å²) in [4.78, 5) is 0. The maximum atomic E-state index is 5.74. The average Bonchev–Trinajstić information content (AvgIpc) is 3.86. The highest BCUT2D eigenvalue weighted by Crippen LogP contribution is 2.55. The van der Waals surface area contributed by atoms with Crippen LogP contribution in [0.4, 0.5) is 0 Å². The third-order valence-electron chi connectivity index (χ3n) is 16.3. The molecular weight excluding hydrogens is 841 g/mol. The van der Waals surface area contributed by atoms with Crippen molar-refractivity contribution in [2.75, 3.05) is 21.3 Å². The van der Waals surface area contributed by atoms with Gasteiger partial charge < -0.3 is 14.2 Å². The Balaban J connectivity index is 1.04. The Kier molecular flexibility index (Phi) is 9.70. The summed E-state index contributed by atoms with van der Waals surface area (Å²) in [5.41, 5.74) is 27.8. The molecule has 12 rings (SSSR count). The zero-order valence-electron chi connectivity index (χ0n) is 41.2. The number of methoxy groups -OCH3 is 3. The second-order valence-corrected chi connectivity index (χ2v) is 21.2. The van der Waals surface area contributed by atoms with Crippen LogP contribution in [0.1, 0.15) is 93.3 Å². The highest BCUT2D eigenvalue weighted by Gasteiger charge is 2.40. The number of hydrogen-bond acceptors (Lipinski definition) is 3. The molecule has 0 fully saturated rings. The minimum absolute atomic E-state index is 0.147. The molecule has 4 aliphatic rings.